The Hall–Kier alpha value is -2.37. The van der Waals surface area contributed by atoms with E-state index in [1.807, 2.05) is 11.5 Å². The molecule has 0 unspecified atom stereocenters. The number of amides is 1. The van der Waals surface area contributed by atoms with Gasteiger partial charge in [0.05, 0.1) is 10.7 Å². The second-order valence-corrected chi connectivity index (χ2v) is 7.55. The normalized spacial score (nSPS) is 10.8. The van der Waals surface area contributed by atoms with E-state index >= 15 is 0 Å². The molecule has 0 bridgehead atoms. The molecule has 12 heteroatoms. The number of halogens is 2. The standard InChI is InChI=1S/C16H13BrClN5O4S/c1-2-22-15(12-5-6-13(17)27-12)20-21-16(22)28-8-14(24)19-9-3-4-10(18)11(7-9)23(25)26/h3-7H,2,8H2,1H3,(H,19,24). The molecule has 0 aliphatic heterocycles. The molecule has 146 valence electrons. The molecule has 0 aliphatic carbocycles. The number of furan rings is 1. The molecule has 9 nitrogen and oxygen atoms in total. The van der Waals surface area contributed by atoms with Gasteiger partial charge >= 0.3 is 0 Å². The molecule has 3 aromatic rings. The molecule has 28 heavy (non-hydrogen) atoms. The number of hydrogen-bond donors (Lipinski definition) is 1. The molecule has 2 heterocycles. The summed E-state index contributed by atoms with van der Waals surface area (Å²) in [5, 5.41) is 22.4. The first-order valence-corrected chi connectivity index (χ1v) is 10.1. The maximum atomic E-state index is 12.2. The van der Waals surface area contributed by atoms with Gasteiger partial charge in [-0.25, -0.2) is 0 Å². The van der Waals surface area contributed by atoms with Crippen molar-refractivity contribution in [3.8, 4) is 11.6 Å². The smallest absolute Gasteiger partial charge is 0.289 e. The number of carbonyl (C=O) groups excluding carboxylic acids is 1. The van der Waals surface area contributed by atoms with E-state index in [4.69, 9.17) is 16.0 Å². The lowest BCUT2D eigenvalue weighted by Crippen LogP contribution is -2.14. The lowest BCUT2D eigenvalue weighted by atomic mass is 10.3. The lowest BCUT2D eigenvalue weighted by Gasteiger charge is -2.07. The number of nitrogens with one attached hydrogen (secondary N) is 1. The van der Waals surface area contributed by atoms with Gasteiger partial charge in [-0.1, -0.05) is 23.4 Å². The van der Waals surface area contributed by atoms with Crippen LogP contribution in [-0.4, -0.2) is 31.3 Å². The SMILES string of the molecule is CCn1c(SCC(=O)Nc2ccc(Cl)c([N+](=O)[O-])c2)nnc1-c1ccc(Br)o1. The Labute approximate surface area is 176 Å². The van der Waals surface area contributed by atoms with E-state index < -0.39 is 4.92 Å². The van der Waals surface area contributed by atoms with E-state index in [2.05, 4.69) is 31.4 Å². The first kappa shape index (κ1) is 20.4. The highest BCUT2D eigenvalue weighted by Gasteiger charge is 2.18. The molecule has 0 radical (unpaired) electrons. The van der Waals surface area contributed by atoms with Gasteiger partial charge in [-0.3, -0.25) is 19.5 Å². The van der Waals surface area contributed by atoms with E-state index in [1.54, 1.807) is 12.1 Å². The van der Waals surface area contributed by atoms with Gasteiger partial charge in [-0.15, -0.1) is 10.2 Å². The van der Waals surface area contributed by atoms with Gasteiger partial charge in [0, 0.05) is 18.3 Å². The summed E-state index contributed by atoms with van der Waals surface area (Å²) in [4.78, 5) is 22.5. The Bertz CT molecular complexity index is 1040. The first-order valence-electron chi connectivity index (χ1n) is 7.94. The second-order valence-electron chi connectivity index (χ2n) is 5.41. The fourth-order valence-electron chi connectivity index (χ4n) is 2.35. The molecule has 0 atom stereocenters. The number of hydrogen-bond acceptors (Lipinski definition) is 7. The zero-order chi connectivity index (χ0) is 20.3. The van der Waals surface area contributed by atoms with Crippen molar-refractivity contribution in [3.05, 3.63) is 50.1 Å². The Kier molecular flexibility index (Phi) is 6.37. The zero-order valence-corrected chi connectivity index (χ0v) is 17.5. The molecule has 0 spiro atoms. The van der Waals surface area contributed by atoms with Crippen LogP contribution in [0.2, 0.25) is 5.02 Å². The molecule has 0 saturated carbocycles. The number of rotatable bonds is 7. The fraction of sp³-hybridized carbons (Fsp3) is 0.188. The van der Waals surface area contributed by atoms with Gasteiger partial charge < -0.3 is 9.73 Å². The Morgan fingerprint density at radius 2 is 2.18 bits per heavy atom. The third-order valence-corrected chi connectivity index (χ3v) is 5.30. The summed E-state index contributed by atoms with van der Waals surface area (Å²) < 4.78 is 7.92. The van der Waals surface area contributed by atoms with E-state index in [-0.39, 0.29) is 22.4 Å². The molecular formula is C16H13BrClN5O4S. The molecule has 0 saturated heterocycles. The number of anilines is 1. The Balaban J connectivity index is 1.67. The van der Waals surface area contributed by atoms with Crippen LogP contribution in [0.5, 0.6) is 0 Å². The fourth-order valence-corrected chi connectivity index (χ4v) is 3.65. The van der Waals surface area contributed by atoms with Crippen LogP contribution in [0.4, 0.5) is 11.4 Å². The van der Waals surface area contributed by atoms with Gasteiger partial charge in [-0.2, -0.15) is 0 Å². The minimum Gasteiger partial charge on any atom is -0.446 e. The molecule has 0 aliphatic rings. The summed E-state index contributed by atoms with van der Waals surface area (Å²) in [6.45, 7) is 2.52. The van der Waals surface area contributed by atoms with Crippen LogP contribution >= 0.6 is 39.3 Å². The predicted octanol–water partition coefficient (Wildman–Crippen LogP) is 4.61. The predicted molar refractivity (Wildman–Crippen MR) is 109 cm³/mol. The molecule has 2 aromatic heterocycles. The van der Waals surface area contributed by atoms with Gasteiger partial charge in [0.2, 0.25) is 11.7 Å². The van der Waals surface area contributed by atoms with Crippen molar-refractivity contribution in [1.29, 1.82) is 0 Å². The van der Waals surface area contributed by atoms with Crippen LogP contribution in [0.25, 0.3) is 11.6 Å². The topological polar surface area (TPSA) is 116 Å². The lowest BCUT2D eigenvalue weighted by molar-refractivity contribution is -0.384. The summed E-state index contributed by atoms with van der Waals surface area (Å²) in [5.74, 6) is 0.834. The Morgan fingerprint density at radius 1 is 1.39 bits per heavy atom. The van der Waals surface area contributed by atoms with Gasteiger partial charge in [0.15, 0.2) is 15.6 Å². The number of carbonyl (C=O) groups is 1. The maximum Gasteiger partial charge on any atom is 0.289 e. The van der Waals surface area contributed by atoms with Gasteiger partial charge in [-0.05, 0) is 47.1 Å². The average molecular weight is 487 g/mol. The monoisotopic (exact) mass is 485 g/mol. The van der Waals surface area contributed by atoms with E-state index in [1.165, 1.54) is 30.0 Å². The quantitative estimate of drug-likeness (QED) is 0.294. The van der Waals surface area contributed by atoms with Crippen molar-refractivity contribution in [2.45, 2.75) is 18.6 Å². The number of aromatic nitrogens is 3. The van der Waals surface area contributed by atoms with Crippen LogP contribution in [0.3, 0.4) is 0 Å². The summed E-state index contributed by atoms with van der Waals surface area (Å²) in [6, 6.07) is 7.61. The number of benzene rings is 1. The summed E-state index contributed by atoms with van der Waals surface area (Å²) >= 11 is 10.2. The number of nitro groups is 1. The van der Waals surface area contributed by atoms with E-state index in [0.717, 1.165) is 0 Å². The van der Waals surface area contributed by atoms with E-state index in [9.17, 15) is 14.9 Å². The molecule has 1 amide bonds. The van der Waals surface area contributed by atoms with Crippen LogP contribution in [0.1, 0.15) is 6.92 Å². The Morgan fingerprint density at radius 3 is 2.82 bits per heavy atom. The molecular weight excluding hydrogens is 474 g/mol. The number of nitrogens with zero attached hydrogens (tertiary/aromatic N) is 4. The van der Waals surface area contributed by atoms with Crippen molar-refractivity contribution in [3.63, 3.8) is 0 Å². The van der Waals surface area contributed by atoms with Crippen LogP contribution in [0.15, 0.2) is 44.6 Å². The molecule has 3 rings (SSSR count). The number of thioether (sulfide) groups is 1. The van der Waals surface area contributed by atoms with Gasteiger partial charge in [0.1, 0.15) is 5.02 Å². The third kappa shape index (κ3) is 4.54. The van der Waals surface area contributed by atoms with Crippen molar-refractivity contribution in [1.82, 2.24) is 14.8 Å². The second kappa shape index (κ2) is 8.76. The number of nitro benzene ring substituents is 1. The highest BCUT2D eigenvalue weighted by molar-refractivity contribution is 9.10. The molecule has 1 aromatic carbocycles. The molecule has 1 N–H and O–H groups in total. The zero-order valence-electron chi connectivity index (χ0n) is 14.4. The third-order valence-electron chi connectivity index (χ3n) is 3.59. The van der Waals surface area contributed by atoms with Crippen molar-refractivity contribution >= 4 is 56.6 Å². The minimum atomic E-state index is -0.606. The highest BCUT2D eigenvalue weighted by Crippen LogP contribution is 2.29. The van der Waals surface area contributed by atoms with Crippen molar-refractivity contribution in [2.75, 3.05) is 11.1 Å². The molecule has 0 fully saturated rings. The summed E-state index contributed by atoms with van der Waals surface area (Å²) in [6.07, 6.45) is 0. The van der Waals surface area contributed by atoms with Crippen molar-refractivity contribution < 1.29 is 14.1 Å². The average Bonchev–Trinajstić information content (AvgIpc) is 3.26. The van der Waals surface area contributed by atoms with Crippen LogP contribution < -0.4 is 5.32 Å². The van der Waals surface area contributed by atoms with Crippen LogP contribution in [0, 0.1) is 10.1 Å². The largest absolute Gasteiger partial charge is 0.446 e. The van der Waals surface area contributed by atoms with E-state index in [0.29, 0.717) is 33.6 Å². The van der Waals surface area contributed by atoms with Crippen LogP contribution in [-0.2, 0) is 11.3 Å². The highest BCUT2D eigenvalue weighted by atomic mass is 79.9. The maximum absolute atomic E-state index is 12.2. The van der Waals surface area contributed by atoms with Gasteiger partial charge in [0.25, 0.3) is 5.69 Å². The minimum absolute atomic E-state index is 0.00511. The first-order chi connectivity index (χ1) is 13.4. The summed E-state index contributed by atoms with van der Waals surface area (Å²) in [5.41, 5.74) is 0.0203. The van der Waals surface area contributed by atoms with Crippen molar-refractivity contribution in [2.24, 2.45) is 0 Å². The summed E-state index contributed by atoms with van der Waals surface area (Å²) in [7, 11) is 0.